The van der Waals surface area contributed by atoms with Crippen LogP contribution < -0.4 is 15.8 Å². The summed E-state index contributed by atoms with van der Waals surface area (Å²) in [7, 11) is 1.63. The van der Waals surface area contributed by atoms with Gasteiger partial charge in [0.1, 0.15) is 5.69 Å². The minimum atomic E-state index is -0.204. The van der Waals surface area contributed by atoms with Crippen molar-refractivity contribution < 1.29 is 4.79 Å². The zero-order valence-electron chi connectivity index (χ0n) is 14.4. The normalized spacial score (nSPS) is 17.0. The Morgan fingerprint density at radius 3 is 3.12 bits per heavy atom. The summed E-state index contributed by atoms with van der Waals surface area (Å²) in [5.74, 6) is 0.616. The maximum atomic E-state index is 12.3. The summed E-state index contributed by atoms with van der Waals surface area (Å²) in [4.78, 5) is 34.5. The third kappa shape index (κ3) is 3.15. The summed E-state index contributed by atoms with van der Waals surface area (Å²) in [6, 6.07) is 3.38. The highest BCUT2D eigenvalue weighted by atomic mass is 16.2. The Balaban J connectivity index is 1.35. The van der Waals surface area contributed by atoms with Crippen LogP contribution in [0.4, 0.5) is 5.69 Å². The standard InChI is InChI=1S/C17H19N7O2/c1-22-15(25)7-13(9-20-22)23-6-3-12(10-23)8-19-16(26)14-11-24-5-2-4-18-17(24)21-14/h2,4-5,7,9,11-12H,3,6,8,10H2,1H3,(H,19,26)/t12-/m0/s1. The molecule has 0 bridgehead atoms. The number of imidazole rings is 1. The Hall–Kier alpha value is -3.23. The first kappa shape index (κ1) is 16.2. The molecule has 1 atom stereocenters. The molecule has 1 saturated heterocycles. The highest BCUT2D eigenvalue weighted by Gasteiger charge is 2.24. The van der Waals surface area contributed by atoms with Crippen molar-refractivity contribution in [1.29, 1.82) is 0 Å². The Labute approximate surface area is 149 Å². The summed E-state index contributed by atoms with van der Waals surface area (Å²) in [6.07, 6.45) is 7.76. The molecule has 3 aromatic heterocycles. The van der Waals surface area contributed by atoms with Crippen LogP contribution >= 0.6 is 0 Å². The maximum Gasteiger partial charge on any atom is 0.271 e. The van der Waals surface area contributed by atoms with Gasteiger partial charge < -0.3 is 10.2 Å². The number of hydrogen-bond donors (Lipinski definition) is 1. The second-order valence-electron chi connectivity index (χ2n) is 6.44. The fraction of sp³-hybridized carbons (Fsp3) is 0.353. The fourth-order valence-corrected chi connectivity index (χ4v) is 3.13. The lowest BCUT2D eigenvalue weighted by Gasteiger charge is -2.18. The van der Waals surface area contributed by atoms with Crippen LogP contribution in [0, 0.1) is 5.92 Å². The molecule has 4 rings (SSSR count). The molecule has 4 heterocycles. The lowest BCUT2D eigenvalue weighted by atomic mass is 10.1. The number of amides is 1. The highest BCUT2D eigenvalue weighted by molar-refractivity contribution is 5.92. The lowest BCUT2D eigenvalue weighted by Crippen LogP contribution is -2.31. The van der Waals surface area contributed by atoms with E-state index in [-0.39, 0.29) is 11.5 Å². The molecule has 3 aromatic rings. The van der Waals surface area contributed by atoms with E-state index in [4.69, 9.17) is 0 Å². The third-order valence-corrected chi connectivity index (χ3v) is 4.62. The second kappa shape index (κ2) is 6.58. The molecule has 0 saturated carbocycles. The minimum absolute atomic E-state index is 0.125. The number of carbonyl (C=O) groups excluding carboxylic acids is 1. The van der Waals surface area contributed by atoms with Gasteiger partial charge in [-0.3, -0.25) is 14.0 Å². The van der Waals surface area contributed by atoms with E-state index in [9.17, 15) is 9.59 Å². The molecule has 0 radical (unpaired) electrons. The first-order valence-electron chi connectivity index (χ1n) is 8.46. The van der Waals surface area contributed by atoms with Crippen LogP contribution in [-0.2, 0) is 7.05 Å². The summed E-state index contributed by atoms with van der Waals surface area (Å²) in [5.41, 5.74) is 1.06. The predicted molar refractivity (Wildman–Crippen MR) is 95.1 cm³/mol. The second-order valence-corrected chi connectivity index (χ2v) is 6.44. The van der Waals surface area contributed by atoms with Gasteiger partial charge >= 0.3 is 0 Å². The Kier molecular flexibility index (Phi) is 4.11. The highest BCUT2D eigenvalue weighted by Crippen LogP contribution is 2.21. The van der Waals surface area contributed by atoms with Gasteiger partial charge in [-0.05, 0) is 18.4 Å². The van der Waals surface area contributed by atoms with Crippen molar-refractivity contribution in [2.24, 2.45) is 13.0 Å². The van der Waals surface area contributed by atoms with E-state index < -0.39 is 0 Å². The van der Waals surface area contributed by atoms with Crippen LogP contribution in [0.15, 0.2) is 41.7 Å². The Bertz CT molecular complexity index is 977. The Morgan fingerprint density at radius 2 is 2.31 bits per heavy atom. The molecule has 0 aliphatic carbocycles. The number of fused-ring (bicyclic) bond motifs is 1. The van der Waals surface area contributed by atoms with Gasteiger partial charge in [0.25, 0.3) is 11.5 Å². The number of rotatable bonds is 4. The van der Waals surface area contributed by atoms with Crippen molar-refractivity contribution in [3.63, 3.8) is 0 Å². The number of nitrogens with one attached hydrogen (secondary N) is 1. The summed E-state index contributed by atoms with van der Waals surface area (Å²) < 4.78 is 3.02. The molecule has 1 aliphatic rings. The van der Waals surface area contributed by atoms with E-state index in [0.29, 0.717) is 23.9 Å². The number of hydrogen-bond acceptors (Lipinski definition) is 6. The van der Waals surface area contributed by atoms with E-state index in [1.807, 2.05) is 0 Å². The minimum Gasteiger partial charge on any atom is -0.370 e. The zero-order valence-corrected chi connectivity index (χ0v) is 14.4. The van der Waals surface area contributed by atoms with Crippen molar-refractivity contribution >= 4 is 17.4 Å². The molecule has 0 spiro atoms. The van der Waals surface area contributed by atoms with Crippen LogP contribution in [0.25, 0.3) is 5.78 Å². The molecule has 0 aromatic carbocycles. The molecule has 134 valence electrons. The summed E-state index contributed by atoms with van der Waals surface area (Å²) in [5, 5.41) is 7.00. The van der Waals surface area contributed by atoms with Crippen LogP contribution in [0.3, 0.4) is 0 Å². The lowest BCUT2D eigenvalue weighted by molar-refractivity contribution is 0.0944. The quantitative estimate of drug-likeness (QED) is 0.713. The van der Waals surface area contributed by atoms with Crippen LogP contribution in [0.5, 0.6) is 0 Å². The van der Waals surface area contributed by atoms with Gasteiger partial charge in [0.15, 0.2) is 0 Å². The van der Waals surface area contributed by atoms with Crippen LogP contribution in [-0.4, -0.2) is 49.7 Å². The number of aromatic nitrogens is 5. The third-order valence-electron chi connectivity index (χ3n) is 4.62. The molecular weight excluding hydrogens is 334 g/mol. The van der Waals surface area contributed by atoms with Gasteiger partial charge in [-0.1, -0.05) is 0 Å². The number of nitrogens with zero attached hydrogens (tertiary/aromatic N) is 6. The molecule has 26 heavy (non-hydrogen) atoms. The first-order valence-corrected chi connectivity index (χ1v) is 8.46. The molecule has 1 fully saturated rings. The van der Waals surface area contributed by atoms with Crippen LogP contribution in [0.1, 0.15) is 16.9 Å². The smallest absolute Gasteiger partial charge is 0.271 e. The van der Waals surface area contributed by atoms with E-state index in [2.05, 4.69) is 25.3 Å². The van der Waals surface area contributed by atoms with Crippen LogP contribution in [0.2, 0.25) is 0 Å². The van der Waals surface area contributed by atoms with Gasteiger partial charge in [0.05, 0.1) is 11.9 Å². The molecule has 1 aliphatic heterocycles. The molecular formula is C17H19N7O2. The topological polar surface area (TPSA) is 97.4 Å². The molecule has 1 amide bonds. The molecule has 9 heteroatoms. The number of aryl methyl sites for hydroxylation is 1. The maximum absolute atomic E-state index is 12.3. The molecule has 0 unspecified atom stereocenters. The van der Waals surface area contributed by atoms with Gasteiger partial charge in [0, 0.05) is 51.3 Å². The summed E-state index contributed by atoms with van der Waals surface area (Å²) >= 11 is 0. The zero-order chi connectivity index (χ0) is 18.1. The van der Waals surface area contributed by atoms with E-state index >= 15 is 0 Å². The van der Waals surface area contributed by atoms with E-state index in [1.165, 1.54) is 4.68 Å². The van der Waals surface area contributed by atoms with Crippen molar-refractivity contribution in [1.82, 2.24) is 29.5 Å². The summed E-state index contributed by atoms with van der Waals surface area (Å²) in [6.45, 7) is 2.18. The Morgan fingerprint density at radius 1 is 1.42 bits per heavy atom. The average Bonchev–Trinajstić information content (AvgIpc) is 3.28. The average molecular weight is 353 g/mol. The van der Waals surface area contributed by atoms with E-state index in [1.54, 1.807) is 48.4 Å². The monoisotopic (exact) mass is 353 g/mol. The largest absolute Gasteiger partial charge is 0.370 e. The van der Waals surface area contributed by atoms with Crippen molar-refractivity contribution in [2.75, 3.05) is 24.5 Å². The van der Waals surface area contributed by atoms with Crippen molar-refractivity contribution in [3.8, 4) is 0 Å². The van der Waals surface area contributed by atoms with Gasteiger partial charge in [0.2, 0.25) is 5.78 Å². The van der Waals surface area contributed by atoms with Gasteiger partial charge in [-0.25, -0.2) is 14.6 Å². The molecule has 9 nitrogen and oxygen atoms in total. The van der Waals surface area contributed by atoms with Crippen molar-refractivity contribution in [2.45, 2.75) is 6.42 Å². The molecule has 1 N–H and O–H groups in total. The van der Waals surface area contributed by atoms with Crippen molar-refractivity contribution in [3.05, 3.63) is 53.0 Å². The van der Waals surface area contributed by atoms with Gasteiger partial charge in [-0.15, -0.1) is 0 Å². The van der Waals surface area contributed by atoms with E-state index in [0.717, 1.165) is 25.2 Å². The SMILES string of the molecule is Cn1ncc(N2CC[C@@H](CNC(=O)c3cn4cccnc4n3)C2)cc1=O. The predicted octanol–water partition coefficient (Wildman–Crippen LogP) is 0.0793. The first-order chi connectivity index (χ1) is 12.6. The number of anilines is 1. The number of carbonyl (C=O) groups is 1. The fourth-order valence-electron chi connectivity index (χ4n) is 3.13. The van der Waals surface area contributed by atoms with Gasteiger partial charge in [-0.2, -0.15) is 5.10 Å².